The fourth-order valence-electron chi connectivity index (χ4n) is 2.26. The number of hydrogen-bond donors (Lipinski definition) is 2. The van der Waals surface area contributed by atoms with Crippen LogP contribution in [0.3, 0.4) is 0 Å². The molecule has 0 aromatic heterocycles. The van der Waals surface area contributed by atoms with Crippen molar-refractivity contribution < 1.29 is 10.2 Å². The van der Waals surface area contributed by atoms with Crippen molar-refractivity contribution in [3.63, 3.8) is 0 Å². The van der Waals surface area contributed by atoms with Gasteiger partial charge >= 0.3 is 0 Å². The van der Waals surface area contributed by atoms with Crippen molar-refractivity contribution in [1.29, 1.82) is 0 Å². The van der Waals surface area contributed by atoms with Crippen LogP contribution in [0.2, 0.25) is 0 Å². The minimum Gasteiger partial charge on any atom is -0.506 e. The Morgan fingerprint density at radius 2 is 1.58 bits per heavy atom. The molecule has 0 amide bonds. The van der Waals surface area contributed by atoms with Crippen molar-refractivity contribution in [3.8, 4) is 22.6 Å². The molecule has 0 unspecified atom stereocenters. The number of benzene rings is 3. The van der Waals surface area contributed by atoms with Gasteiger partial charge in [-0.15, -0.1) is 0 Å². The van der Waals surface area contributed by atoms with E-state index >= 15 is 0 Å². The maximum atomic E-state index is 10.1. The highest BCUT2D eigenvalue weighted by Gasteiger charge is 2.07. The first-order valence-electron chi connectivity index (χ1n) is 7.15. The zero-order chi connectivity index (χ0) is 17.1. The number of hydrogen-bond acceptors (Lipinski definition) is 3. The van der Waals surface area contributed by atoms with Gasteiger partial charge in [0.2, 0.25) is 0 Å². The molecule has 0 aliphatic rings. The van der Waals surface area contributed by atoms with E-state index in [-0.39, 0.29) is 11.5 Å². The van der Waals surface area contributed by atoms with Crippen LogP contribution in [-0.4, -0.2) is 16.4 Å². The Morgan fingerprint density at radius 3 is 2.33 bits per heavy atom. The second-order valence-corrected chi connectivity index (χ2v) is 7.56. The molecule has 3 aromatic carbocycles. The van der Waals surface area contributed by atoms with Gasteiger partial charge in [-0.3, -0.25) is 4.99 Å². The molecule has 0 heterocycles. The van der Waals surface area contributed by atoms with E-state index in [9.17, 15) is 10.2 Å². The van der Waals surface area contributed by atoms with Crippen molar-refractivity contribution in [1.82, 2.24) is 0 Å². The van der Waals surface area contributed by atoms with Gasteiger partial charge in [0.05, 0.1) is 3.57 Å². The maximum absolute atomic E-state index is 10.1. The van der Waals surface area contributed by atoms with Crippen molar-refractivity contribution >= 4 is 57.1 Å². The van der Waals surface area contributed by atoms with Crippen LogP contribution >= 0.6 is 45.2 Å². The molecule has 0 aliphatic carbocycles. The number of rotatable bonds is 3. The molecule has 0 bridgehead atoms. The Kier molecular flexibility index (Phi) is 5.40. The van der Waals surface area contributed by atoms with Crippen LogP contribution in [-0.2, 0) is 0 Å². The van der Waals surface area contributed by atoms with Crippen molar-refractivity contribution in [3.05, 3.63) is 73.4 Å². The second kappa shape index (κ2) is 7.52. The number of halogens is 2. The molecular weight excluding hydrogens is 528 g/mol. The van der Waals surface area contributed by atoms with Gasteiger partial charge in [0.1, 0.15) is 17.2 Å². The normalized spacial score (nSPS) is 11.1. The summed E-state index contributed by atoms with van der Waals surface area (Å²) in [7, 11) is 0. The number of aromatic hydroxyl groups is 2. The van der Waals surface area contributed by atoms with Crippen molar-refractivity contribution in [2.75, 3.05) is 0 Å². The number of nitrogens with zero attached hydrogens (tertiary/aromatic N) is 1. The monoisotopic (exact) mass is 541 g/mol. The molecule has 0 spiro atoms. The lowest BCUT2D eigenvalue weighted by Gasteiger charge is -2.06. The number of aliphatic imine (C=N–C) groups is 1. The van der Waals surface area contributed by atoms with Crippen molar-refractivity contribution in [2.45, 2.75) is 0 Å². The lowest BCUT2D eigenvalue weighted by molar-refractivity contribution is 0.470. The Bertz CT molecular complexity index is 909. The van der Waals surface area contributed by atoms with Crippen LogP contribution in [0.15, 0.2) is 65.7 Å². The predicted octanol–water partition coefficient (Wildman–Crippen LogP) is 5.72. The lowest BCUT2D eigenvalue weighted by atomic mass is 10.0. The summed E-state index contributed by atoms with van der Waals surface area (Å²) in [6.45, 7) is 0. The summed E-state index contributed by atoms with van der Waals surface area (Å²) in [5.41, 5.74) is 3.11. The van der Waals surface area contributed by atoms with Crippen LogP contribution in [0.5, 0.6) is 11.5 Å². The molecule has 0 radical (unpaired) electrons. The Balaban J connectivity index is 1.98. The molecule has 0 saturated heterocycles. The summed E-state index contributed by atoms with van der Waals surface area (Å²) >= 11 is 4.28. The van der Waals surface area contributed by atoms with E-state index in [1.54, 1.807) is 12.3 Å². The van der Waals surface area contributed by atoms with Gasteiger partial charge in [-0.2, -0.15) is 0 Å². The standard InChI is InChI=1S/C19H13I2NO2/c20-15-8-14(19(24)16(21)10-15)11-22-17-9-13(6-7-18(17)23)12-4-2-1-3-5-12/h1-11,23-24H. The van der Waals surface area contributed by atoms with E-state index in [0.717, 1.165) is 18.3 Å². The third-order valence-corrected chi connectivity index (χ3v) is 4.93. The van der Waals surface area contributed by atoms with E-state index < -0.39 is 0 Å². The molecule has 2 N–H and O–H groups in total. The van der Waals surface area contributed by atoms with Gasteiger partial charge in [-0.25, -0.2) is 0 Å². The maximum Gasteiger partial charge on any atom is 0.141 e. The van der Waals surface area contributed by atoms with Gasteiger partial charge in [0.25, 0.3) is 0 Å². The van der Waals surface area contributed by atoms with Crippen molar-refractivity contribution in [2.24, 2.45) is 4.99 Å². The highest BCUT2D eigenvalue weighted by molar-refractivity contribution is 14.1. The van der Waals surface area contributed by atoms with Crippen LogP contribution in [0.25, 0.3) is 11.1 Å². The molecule has 3 rings (SSSR count). The zero-order valence-electron chi connectivity index (χ0n) is 12.4. The van der Waals surface area contributed by atoms with Gasteiger partial charge in [0.15, 0.2) is 0 Å². The van der Waals surface area contributed by atoms with Gasteiger partial charge in [-0.1, -0.05) is 36.4 Å². The SMILES string of the molecule is Oc1ccc(-c2ccccc2)cc1N=Cc1cc(I)cc(I)c1O. The third-order valence-electron chi connectivity index (χ3n) is 3.48. The molecule has 3 aromatic rings. The largest absolute Gasteiger partial charge is 0.506 e. The van der Waals surface area contributed by atoms with Crippen LogP contribution < -0.4 is 0 Å². The molecular formula is C19H13I2NO2. The highest BCUT2D eigenvalue weighted by Crippen LogP contribution is 2.32. The molecule has 0 fully saturated rings. The van der Waals surface area contributed by atoms with E-state index in [2.05, 4.69) is 50.2 Å². The van der Waals surface area contributed by atoms with Gasteiger partial charge in [0, 0.05) is 15.3 Å². The topological polar surface area (TPSA) is 52.8 Å². The van der Waals surface area contributed by atoms with E-state index in [1.165, 1.54) is 0 Å². The van der Waals surface area contributed by atoms with E-state index in [0.29, 0.717) is 11.3 Å². The first kappa shape index (κ1) is 17.2. The summed E-state index contributed by atoms with van der Waals surface area (Å²) in [5.74, 6) is 0.296. The van der Waals surface area contributed by atoms with Gasteiger partial charge < -0.3 is 10.2 Å². The van der Waals surface area contributed by atoms with Crippen LogP contribution in [0.4, 0.5) is 5.69 Å². The lowest BCUT2D eigenvalue weighted by Crippen LogP contribution is -1.88. The second-order valence-electron chi connectivity index (χ2n) is 5.15. The van der Waals surface area contributed by atoms with Gasteiger partial charge in [-0.05, 0) is 80.6 Å². The number of phenols is 2. The summed E-state index contributed by atoms with van der Waals surface area (Å²) in [5, 5.41) is 20.2. The molecule has 5 heteroatoms. The van der Waals surface area contributed by atoms with Crippen LogP contribution in [0, 0.1) is 7.14 Å². The minimum absolute atomic E-state index is 0.103. The average Bonchev–Trinajstić information content (AvgIpc) is 2.59. The molecule has 0 atom stereocenters. The summed E-state index contributed by atoms with van der Waals surface area (Å²) in [6.07, 6.45) is 1.57. The summed E-state index contributed by atoms with van der Waals surface area (Å²) < 4.78 is 1.78. The zero-order valence-corrected chi connectivity index (χ0v) is 16.8. The Labute approximate surface area is 167 Å². The third kappa shape index (κ3) is 3.89. The molecule has 24 heavy (non-hydrogen) atoms. The smallest absolute Gasteiger partial charge is 0.141 e. The van der Waals surface area contributed by atoms with E-state index in [1.807, 2.05) is 54.6 Å². The first-order chi connectivity index (χ1) is 11.5. The molecule has 0 aliphatic heterocycles. The molecule has 0 saturated carbocycles. The van der Waals surface area contributed by atoms with E-state index in [4.69, 9.17) is 0 Å². The molecule has 120 valence electrons. The van der Waals surface area contributed by atoms with Crippen LogP contribution in [0.1, 0.15) is 5.56 Å². The summed E-state index contributed by atoms with van der Waals surface area (Å²) in [4.78, 5) is 4.36. The Hall–Kier alpha value is -1.61. The quantitative estimate of drug-likeness (QED) is 0.329. The average molecular weight is 541 g/mol. The summed E-state index contributed by atoms with van der Waals surface area (Å²) in [6, 6.07) is 19.0. The fourth-order valence-corrected chi connectivity index (χ4v) is 4.15. The Morgan fingerprint density at radius 1 is 0.833 bits per heavy atom. The first-order valence-corrected chi connectivity index (χ1v) is 9.31. The fraction of sp³-hybridized carbons (Fsp3) is 0. The minimum atomic E-state index is 0.103. The predicted molar refractivity (Wildman–Crippen MR) is 114 cm³/mol. The molecule has 3 nitrogen and oxygen atoms in total. The highest BCUT2D eigenvalue weighted by atomic mass is 127. The number of phenolic OH excluding ortho intramolecular Hbond substituents is 2.